The quantitative estimate of drug-likeness (QED) is 0.514. The molecule has 178 valence electrons. The van der Waals surface area contributed by atoms with Gasteiger partial charge >= 0.3 is 0 Å². The van der Waals surface area contributed by atoms with Crippen LogP contribution in [0.25, 0.3) is 0 Å². The molecule has 6 rings (SSSR count). The minimum absolute atomic E-state index is 0.245. The maximum atomic E-state index is 14.5. The monoisotopic (exact) mass is 474 g/mol. The molecule has 4 amide bonds. The molecule has 4 aliphatic rings. The lowest BCUT2D eigenvalue weighted by Crippen LogP contribution is -2.48. The molecule has 3 fully saturated rings. The molecule has 2 aliphatic carbocycles. The number of hydrogen-bond donors (Lipinski definition) is 2. The highest BCUT2D eigenvalue weighted by Gasteiger charge is 2.67. The Bertz CT molecular complexity index is 1340. The molecule has 7 nitrogen and oxygen atoms in total. The molecular formula is C27H23FN2O5. The first kappa shape index (κ1) is 21.7. The Morgan fingerprint density at radius 2 is 1.77 bits per heavy atom. The molecule has 2 aromatic rings. The number of rotatable bonds is 2. The summed E-state index contributed by atoms with van der Waals surface area (Å²) in [4.78, 5) is 54.2. The van der Waals surface area contributed by atoms with Gasteiger partial charge in [0.15, 0.2) is 11.6 Å². The number of carbonyl (C=O) groups is 4. The number of para-hydroxylation sites is 1. The fraction of sp³-hybridized carbons (Fsp3) is 0.333. The molecule has 6 unspecified atom stereocenters. The molecule has 1 saturated carbocycles. The van der Waals surface area contributed by atoms with Gasteiger partial charge in [0.1, 0.15) is 0 Å². The van der Waals surface area contributed by atoms with Crippen molar-refractivity contribution in [2.45, 2.75) is 25.7 Å². The third-order valence-electron chi connectivity index (χ3n) is 8.44. The first-order chi connectivity index (χ1) is 16.7. The summed E-state index contributed by atoms with van der Waals surface area (Å²) in [6, 6.07) is 12.7. The standard InChI is InChI=1S/C27H23FN2O5/c1-27-18(25(34)30(26(27)35)14-5-3-2-4-6-14)12-17-15(8-9-16-21(17)24(33)29-23(16)32)22(27)13-7-10-20(31)19(28)11-13/h2-8,10-11,16-18,21-22,31H,9,12H2,1H3,(H,29,32,33). The van der Waals surface area contributed by atoms with E-state index in [0.717, 1.165) is 5.57 Å². The summed E-state index contributed by atoms with van der Waals surface area (Å²) in [5.74, 6) is -5.83. The van der Waals surface area contributed by atoms with Gasteiger partial charge in [-0.15, -0.1) is 0 Å². The normalized spacial score (nSPS) is 33.7. The number of nitrogens with zero attached hydrogens (tertiary/aromatic N) is 1. The Labute approximate surface area is 200 Å². The van der Waals surface area contributed by atoms with Crippen LogP contribution in [0.5, 0.6) is 5.75 Å². The lowest BCUT2D eigenvalue weighted by molar-refractivity contribution is -0.131. The molecule has 2 saturated heterocycles. The van der Waals surface area contributed by atoms with E-state index in [9.17, 15) is 28.7 Å². The van der Waals surface area contributed by atoms with Crippen LogP contribution in [0.15, 0.2) is 60.2 Å². The fourth-order valence-electron chi connectivity index (χ4n) is 6.83. The van der Waals surface area contributed by atoms with Gasteiger partial charge in [0, 0.05) is 5.92 Å². The number of imide groups is 2. The van der Waals surface area contributed by atoms with E-state index < -0.39 is 46.6 Å². The Morgan fingerprint density at radius 3 is 2.49 bits per heavy atom. The topological polar surface area (TPSA) is 104 Å². The second-order valence-corrected chi connectivity index (χ2v) is 10.1. The highest BCUT2D eigenvalue weighted by atomic mass is 19.1. The van der Waals surface area contributed by atoms with Crippen LogP contribution < -0.4 is 10.2 Å². The van der Waals surface area contributed by atoms with E-state index >= 15 is 0 Å². The molecule has 2 aromatic carbocycles. The molecule has 0 radical (unpaired) electrons. The van der Waals surface area contributed by atoms with Crippen molar-refractivity contribution in [2.75, 3.05) is 4.90 Å². The average molecular weight is 474 g/mol. The van der Waals surface area contributed by atoms with E-state index in [1.54, 1.807) is 43.3 Å². The number of benzene rings is 2. The van der Waals surface area contributed by atoms with E-state index in [4.69, 9.17) is 0 Å². The summed E-state index contributed by atoms with van der Waals surface area (Å²) in [6.45, 7) is 1.74. The van der Waals surface area contributed by atoms with Gasteiger partial charge < -0.3 is 5.11 Å². The molecule has 35 heavy (non-hydrogen) atoms. The fourth-order valence-corrected chi connectivity index (χ4v) is 6.83. The molecule has 0 bridgehead atoms. The van der Waals surface area contributed by atoms with Gasteiger partial charge in [-0.1, -0.05) is 35.9 Å². The number of hydrogen-bond acceptors (Lipinski definition) is 5. The number of anilines is 1. The number of fused-ring (bicyclic) bond motifs is 4. The zero-order valence-electron chi connectivity index (χ0n) is 18.9. The number of amides is 4. The number of aromatic hydroxyl groups is 1. The third kappa shape index (κ3) is 2.82. The van der Waals surface area contributed by atoms with Gasteiger partial charge in [0.2, 0.25) is 23.6 Å². The van der Waals surface area contributed by atoms with Crippen molar-refractivity contribution in [3.63, 3.8) is 0 Å². The molecule has 8 heteroatoms. The van der Waals surface area contributed by atoms with E-state index in [1.165, 1.54) is 17.0 Å². The van der Waals surface area contributed by atoms with Crippen LogP contribution in [-0.4, -0.2) is 28.7 Å². The van der Waals surface area contributed by atoms with Gasteiger partial charge in [0.05, 0.1) is 28.9 Å². The summed E-state index contributed by atoms with van der Waals surface area (Å²) < 4.78 is 14.5. The minimum Gasteiger partial charge on any atom is -0.505 e. The number of halogens is 1. The summed E-state index contributed by atoms with van der Waals surface area (Å²) >= 11 is 0. The first-order valence-corrected chi connectivity index (χ1v) is 11.7. The molecule has 2 heterocycles. The lowest BCUT2D eigenvalue weighted by atomic mass is 9.51. The van der Waals surface area contributed by atoms with Crippen molar-refractivity contribution in [3.8, 4) is 5.75 Å². The Balaban J connectivity index is 1.55. The molecule has 0 spiro atoms. The van der Waals surface area contributed by atoms with Crippen LogP contribution in [0.3, 0.4) is 0 Å². The SMILES string of the molecule is CC12C(=O)N(c3ccccc3)C(=O)C1CC1C(=CCC3C(=O)NC(=O)C31)C2c1ccc(O)c(F)c1. The molecule has 6 atom stereocenters. The zero-order chi connectivity index (χ0) is 24.6. The van der Waals surface area contributed by atoms with Gasteiger partial charge in [-0.2, -0.15) is 0 Å². The van der Waals surface area contributed by atoms with Crippen LogP contribution in [0.1, 0.15) is 31.2 Å². The van der Waals surface area contributed by atoms with Gasteiger partial charge in [-0.3, -0.25) is 24.5 Å². The number of phenols is 1. The highest BCUT2D eigenvalue weighted by Crippen LogP contribution is 2.63. The van der Waals surface area contributed by atoms with Crippen LogP contribution in [-0.2, 0) is 19.2 Å². The zero-order valence-corrected chi connectivity index (χ0v) is 18.9. The minimum atomic E-state index is -1.23. The summed E-state index contributed by atoms with van der Waals surface area (Å²) in [7, 11) is 0. The van der Waals surface area contributed by atoms with Gasteiger partial charge in [-0.05, 0) is 55.5 Å². The average Bonchev–Trinajstić information content (AvgIpc) is 3.24. The van der Waals surface area contributed by atoms with Crippen LogP contribution in [0.2, 0.25) is 0 Å². The lowest BCUT2D eigenvalue weighted by Gasteiger charge is -2.49. The predicted molar refractivity (Wildman–Crippen MR) is 122 cm³/mol. The smallest absolute Gasteiger partial charge is 0.241 e. The highest BCUT2D eigenvalue weighted by molar-refractivity contribution is 6.24. The first-order valence-electron chi connectivity index (χ1n) is 11.7. The van der Waals surface area contributed by atoms with E-state index in [0.29, 0.717) is 17.7 Å². The largest absolute Gasteiger partial charge is 0.505 e. The second kappa shape index (κ2) is 7.34. The Kier molecular flexibility index (Phi) is 4.55. The predicted octanol–water partition coefficient (Wildman–Crippen LogP) is 3.05. The van der Waals surface area contributed by atoms with Crippen molar-refractivity contribution in [2.24, 2.45) is 29.1 Å². The number of nitrogens with one attached hydrogen (secondary N) is 1. The molecule has 2 aliphatic heterocycles. The third-order valence-corrected chi connectivity index (χ3v) is 8.44. The van der Waals surface area contributed by atoms with Crippen molar-refractivity contribution < 1.29 is 28.7 Å². The van der Waals surface area contributed by atoms with E-state index in [-0.39, 0.29) is 30.0 Å². The van der Waals surface area contributed by atoms with Crippen LogP contribution >= 0.6 is 0 Å². The van der Waals surface area contributed by atoms with Crippen molar-refractivity contribution >= 4 is 29.3 Å². The number of phenolic OH excluding ortho intramolecular Hbond substituents is 1. The van der Waals surface area contributed by atoms with Gasteiger partial charge in [-0.25, -0.2) is 9.29 Å². The number of allylic oxidation sites excluding steroid dienone is 2. The maximum Gasteiger partial charge on any atom is 0.241 e. The summed E-state index contributed by atoms with van der Waals surface area (Å²) in [5, 5.41) is 12.2. The molecular weight excluding hydrogens is 451 g/mol. The number of carbonyl (C=O) groups excluding carboxylic acids is 4. The Morgan fingerprint density at radius 1 is 1.03 bits per heavy atom. The molecule has 0 aromatic heterocycles. The maximum absolute atomic E-state index is 14.5. The van der Waals surface area contributed by atoms with Crippen molar-refractivity contribution in [1.29, 1.82) is 0 Å². The van der Waals surface area contributed by atoms with Crippen LogP contribution in [0, 0.1) is 34.9 Å². The van der Waals surface area contributed by atoms with Crippen molar-refractivity contribution in [1.82, 2.24) is 5.32 Å². The summed E-state index contributed by atoms with van der Waals surface area (Å²) in [6.07, 6.45) is 2.47. The van der Waals surface area contributed by atoms with E-state index in [1.807, 2.05) is 6.08 Å². The Hall–Kier alpha value is -3.81. The van der Waals surface area contributed by atoms with E-state index in [2.05, 4.69) is 5.32 Å². The second-order valence-electron chi connectivity index (χ2n) is 10.1. The van der Waals surface area contributed by atoms with Crippen LogP contribution in [0.4, 0.5) is 10.1 Å². The molecule has 2 N–H and O–H groups in total. The van der Waals surface area contributed by atoms with Gasteiger partial charge in [0.25, 0.3) is 0 Å². The summed E-state index contributed by atoms with van der Waals surface area (Å²) in [5.41, 5.74) is 0.446. The van der Waals surface area contributed by atoms with Crippen molar-refractivity contribution in [3.05, 3.63) is 71.6 Å².